The lowest BCUT2D eigenvalue weighted by molar-refractivity contribution is 0.203. The molecule has 1 aliphatic carbocycles. The van der Waals surface area contributed by atoms with Crippen molar-refractivity contribution in [3.05, 3.63) is 36.4 Å². The van der Waals surface area contributed by atoms with Crippen LogP contribution in [0.1, 0.15) is 52.4 Å². The van der Waals surface area contributed by atoms with Crippen LogP contribution in [0.25, 0.3) is 22.6 Å². The number of nitrogens with zero attached hydrogens (tertiary/aromatic N) is 6. The quantitative estimate of drug-likeness (QED) is 0.531. The van der Waals surface area contributed by atoms with Crippen LogP contribution >= 0.6 is 0 Å². The third kappa shape index (κ3) is 4.13. The molecule has 1 unspecified atom stereocenters. The van der Waals surface area contributed by atoms with Gasteiger partial charge in [-0.25, -0.2) is 14.4 Å². The number of hydrogen-bond donors (Lipinski definition) is 2. The van der Waals surface area contributed by atoms with Crippen molar-refractivity contribution in [3.8, 4) is 34.4 Å². The predicted octanol–water partition coefficient (Wildman–Crippen LogP) is 3.88. The Labute approximate surface area is 209 Å². The molecular formula is C26H30FN7O2. The first kappa shape index (κ1) is 23.0. The molecule has 0 amide bonds. The lowest BCUT2D eigenvalue weighted by Gasteiger charge is -2.46. The van der Waals surface area contributed by atoms with E-state index in [1.54, 1.807) is 18.3 Å². The number of piperidine rings is 1. The molecule has 0 spiro atoms. The molecule has 4 heterocycles. The average molecular weight is 492 g/mol. The smallest absolute Gasteiger partial charge is 0.316 e. The zero-order chi connectivity index (χ0) is 25.1. The summed E-state index contributed by atoms with van der Waals surface area (Å²) in [6.07, 6.45) is 9.67. The molecule has 36 heavy (non-hydrogen) atoms. The van der Waals surface area contributed by atoms with Crippen molar-refractivity contribution in [3.63, 3.8) is 0 Å². The Kier molecular flexibility index (Phi) is 5.33. The Hall–Kier alpha value is -3.40. The highest BCUT2D eigenvalue weighted by Crippen LogP contribution is 2.46. The van der Waals surface area contributed by atoms with Crippen LogP contribution in [-0.2, 0) is 0 Å². The standard InChI is InChI=1S/C26H30FN7O2/c1-25-8-9-26(2,33-25)12-17(11-25)34(16-5-6-16)21-14-28-23(32-31-21)18-7-4-15(10-20(18)35)22-19(27)13-29-24(30-22)36-3/h4,7,10,13-14,16-17,33,35H,5-6,8-9,11-12H2,1-3H3/t17?,25-,26+. The number of halogens is 1. The minimum atomic E-state index is -0.612. The third-order valence-electron chi connectivity index (χ3n) is 7.77. The minimum Gasteiger partial charge on any atom is -0.507 e. The molecule has 3 fully saturated rings. The van der Waals surface area contributed by atoms with Gasteiger partial charge in [0.2, 0.25) is 0 Å². The molecular weight excluding hydrogens is 461 g/mol. The number of anilines is 1. The summed E-state index contributed by atoms with van der Waals surface area (Å²) in [5.41, 5.74) is 1.16. The third-order valence-corrected chi connectivity index (χ3v) is 7.77. The van der Waals surface area contributed by atoms with Crippen LogP contribution in [0.3, 0.4) is 0 Å². The monoisotopic (exact) mass is 491 g/mol. The minimum absolute atomic E-state index is 0.0384. The van der Waals surface area contributed by atoms with E-state index in [4.69, 9.17) is 4.74 Å². The van der Waals surface area contributed by atoms with Crippen LogP contribution in [0.4, 0.5) is 10.2 Å². The fourth-order valence-electron chi connectivity index (χ4n) is 6.08. The zero-order valence-corrected chi connectivity index (χ0v) is 20.7. The van der Waals surface area contributed by atoms with Crippen LogP contribution in [0.15, 0.2) is 30.6 Å². The van der Waals surface area contributed by atoms with Crippen molar-refractivity contribution in [2.24, 2.45) is 0 Å². The van der Waals surface area contributed by atoms with E-state index in [1.807, 2.05) is 0 Å². The van der Waals surface area contributed by atoms with Crippen molar-refractivity contribution in [1.29, 1.82) is 0 Å². The fourth-order valence-corrected chi connectivity index (χ4v) is 6.08. The van der Waals surface area contributed by atoms with Gasteiger partial charge in [0.1, 0.15) is 11.4 Å². The molecule has 6 rings (SSSR count). The molecule has 2 aromatic heterocycles. The van der Waals surface area contributed by atoms with E-state index in [-0.39, 0.29) is 28.5 Å². The fraction of sp³-hybridized carbons (Fsp3) is 0.500. The van der Waals surface area contributed by atoms with Crippen LogP contribution in [0, 0.1) is 5.82 Å². The number of ether oxygens (including phenoxy) is 1. The molecule has 188 valence electrons. The predicted molar refractivity (Wildman–Crippen MR) is 132 cm³/mol. The summed E-state index contributed by atoms with van der Waals surface area (Å²) in [4.78, 5) is 14.8. The first-order valence-electron chi connectivity index (χ1n) is 12.4. The average Bonchev–Trinajstić information content (AvgIpc) is 3.65. The molecule has 1 aromatic carbocycles. The summed E-state index contributed by atoms with van der Waals surface area (Å²) in [6, 6.07) is 5.64. The lowest BCUT2D eigenvalue weighted by Crippen LogP contribution is -2.59. The summed E-state index contributed by atoms with van der Waals surface area (Å²) >= 11 is 0. The molecule has 2 N–H and O–H groups in total. The Morgan fingerprint density at radius 1 is 1.06 bits per heavy atom. The van der Waals surface area contributed by atoms with Gasteiger partial charge in [0.15, 0.2) is 17.5 Å². The first-order valence-corrected chi connectivity index (χ1v) is 12.4. The molecule has 3 aliphatic rings. The number of rotatable bonds is 6. The molecule has 2 bridgehead atoms. The van der Waals surface area contributed by atoms with Crippen molar-refractivity contribution >= 4 is 5.82 Å². The Morgan fingerprint density at radius 2 is 1.81 bits per heavy atom. The highest BCUT2D eigenvalue weighted by Gasteiger charge is 2.51. The summed E-state index contributed by atoms with van der Waals surface area (Å²) < 4.78 is 19.3. The second kappa shape index (κ2) is 8.33. The lowest BCUT2D eigenvalue weighted by atomic mass is 9.84. The van der Waals surface area contributed by atoms with E-state index < -0.39 is 5.82 Å². The van der Waals surface area contributed by atoms with Crippen LogP contribution in [0.5, 0.6) is 11.8 Å². The highest BCUT2D eigenvalue weighted by atomic mass is 19.1. The maximum atomic E-state index is 14.3. The second-order valence-electron chi connectivity index (χ2n) is 10.9. The second-order valence-corrected chi connectivity index (χ2v) is 10.9. The Balaban J connectivity index is 1.26. The summed E-state index contributed by atoms with van der Waals surface area (Å²) in [7, 11) is 1.41. The normalized spacial score (nSPS) is 27.2. The number of phenolic OH excluding ortho intramolecular Hbond substituents is 1. The number of aromatic nitrogens is 5. The maximum absolute atomic E-state index is 14.3. The van der Waals surface area contributed by atoms with Gasteiger partial charge in [-0.05, 0) is 64.5 Å². The summed E-state index contributed by atoms with van der Waals surface area (Å²) in [5.74, 6) is 0.392. The first-order chi connectivity index (χ1) is 17.3. The molecule has 10 heteroatoms. The Morgan fingerprint density at radius 3 is 2.42 bits per heavy atom. The van der Waals surface area contributed by atoms with Gasteiger partial charge >= 0.3 is 6.01 Å². The van der Waals surface area contributed by atoms with Gasteiger partial charge in [-0.2, -0.15) is 4.98 Å². The van der Waals surface area contributed by atoms with Crippen molar-refractivity contribution < 1.29 is 14.2 Å². The highest BCUT2D eigenvalue weighted by molar-refractivity contribution is 5.71. The Bertz CT molecular complexity index is 1280. The van der Waals surface area contributed by atoms with E-state index in [1.165, 1.54) is 26.0 Å². The molecule has 2 aliphatic heterocycles. The molecule has 3 aromatic rings. The topological polar surface area (TPSA) is 109 Å². The van der Waals surface area contributed by atoms with Gasteiger partial charge in [0.05, 0.1) is 25.1 Å². The summed E-state index contributed by atoms with van der Waals surface area (Å²) in [5, 5.41) is 23.5. The zero-order valence-electron chi connectivity index (χ0n) is 20.7. The number of benzene rings is 1. The number of phenols is 1. The van der Waals surface area contributed by atoms with Crippen molar-refractivity contribution in [1.82, 2.24) is 30.5 Å². The van der Waals surface area contributed by atoms with Gasteiger partial charge in [0.25, 0.3) is 0 Å². The number of nitrogens with one attached hydrogen (secondary N) is 1. The number of hydrogen-bond acceptors (Lipinski definition) is 9. The van der Waals surface area contributed by atoms with Crippen LogP contribution in [0.2, 0.25) is 0 Å². The van der Waals surface area contributed by atoms with Crippen molar-refractivity contribution in [2.75, 3.05) is 12.0 Å². The molecule has 2 saturated heterocycles. The molecule has 0 radical (unpaired) electrons. The van der Waals surface area contributed by atoms with Crippen LogP contribution in [-0.4, -0.2) is 60.5 Å². The van der Waals surface area contributed by atoms with Gasteiger partial charge < -0.3 is 20.1 Å². The van der Waals surface area contributed by atoms with Gasteiger partial charge in [0, 0.05) is 28.7 Å². The van der Waals surface area contributed by atoms with E-state index >= 15 is 0 Å². The van der Waals surface area contributed by atoms with Gasteiger partial charge in [-0.15, -0.1) is 10.2 Å². The maximum Gasteiger partial charge on any atom is 0.316 e. The van der Waals surface area contributed by atoms with Crippen LogP contribution < -0.4 is 15.0 Å². The van der Waals surface area contributed by atoms with Gasteiger partial charge in [-0.3, -0.25) is 0 Å². The van der Waals surface area contributed by atoms with E-state index in [0.717, 1.165) is 37.7 Å². The molecule has 3 atom stereocenters. The number of methoxy groups -OCH3 is 1. The SMILES string of the molecule is COc1ncc(F)c(-c2ccc(-c3ncc(N(C4CC4)C4C[C@]5(C)CC[C@](C)(C4)N5)nn3)c(O)c2)n1. The number of aromatic hydroxyl groups is 1. The summed E-state index contributed by atoms with van der Waals surface area (Å²) in [6.45, 7) is 4.66. The molecule has 1 saturated carbocycles. The van der Waals surface area contributed by atoms with Crippen molar-refractivity contribution in [2.45, 2.75) is 75.5 Å². The van der Waals surface area contributed by atoms with E-state index in [0.29, 0.717) is 29.0 Å². The number of fused-ring (bicyclic) bond motifs is 2. The molecule has 9 nitrogen and oxygen atoms in total. The largest absolute Gasteiger partial charge is 0.507 e. The van der Waals surface area contributed by atoms with Gasteiger partial charge in [-0.1, -0.05) is 6.07 Å². The van der Waals surface area contributed by atoms with E-state index in [2.05, 4.69) is 49.2 Å². The van der Waals surface area contributed by atoms with E-state index in [9.17, 15) is 9.50 Å².